The molecule has 2 rings (SSSR count). The second kappa shape index (κ2) is 4.24. The highest BCUT2D eigenvalue weighted by molar-refractivity contribution is 5.26. The fourth-order valence-corrected chi connectivity index (χ4v) is 1.74. The van der Waals surface area contributed by atoms with Crippen LogP contribution in [0.5, 0.6) is 0 Å². The topological polar surface area (TPSA) is 47.0 Å². The molecule has 82 valence electrons. The number of fused-ring (bicyclic) bond motifs is 1. The van der Waals surface area contributed by atoms with Gasteiger partial charge in [-0.2, -0.15) is 0 Å². The number of ether oxygens (including phenoxy) is 1. The monoisotopic (exact) mass is 207 g/mol. The zero-order valence-electron chi connectivity index (χ0n) is 9.50. The van der Waals surface area contributed by atoms with Gasteiger partial charge in [-0.05, 0) is 20.9 Å². The molecule has 1 atom stereocenters. The fourth-order valence-electron chi connectivity index (χ4n) is 1.74. The molecule has 1 aromatic heterocycles. The van der Waals surface area contributed by atoms with Crippen LogP contribution in [0.2, 0.25) is 0 Å². The molecule has 4 heteroatoms. The zero-order valence-corrected chi connectivity index (χ0v) is 9.50. The number of nitrogens with one attached hydrogen (secondary N) is 1. The summed E-state index contributed by atoms with van der Waals surface area (Å²) in [4.78, 5) is 9.09. The summed E-state index contributed by atoms with van der Waals surface area (Å²) in [6.45, 7) is 5.54. The Kier molecular flexibility index (Phi) is 2.98. The first-order valence-electron chi connectivity index (χ1n) is 5.33. The summed E-state index contributed by atoms with van der Waals surface area (Å²) in [5, 5.41) is 3.16. The molecule has 1 aromatic rings. The zero-order chi connectivity index (χ0) is 10.8. The van der Waals surface area contributed by atoms with E-state index in [1.807, 2.05) is 14.0 Å². The van der Waals surface area contributed by atoms with E-state index in [1.54, 1.807) is 0 Å². The predicted molar refractivity (Wildman–Crippen MR) is 57.6 cm³/mol. The predicted octanol–water partition coefficient (Wildman–Crippen LogP) is 1.14. The molecule has 1 aliphatic heterocycles. The largest absolute Gasteiger partial charge is 0.376 e. The molecule has 2 heterocycles. The third kappa shape index (κ3) is 2.01. The third-order valence-corrected chi connectivity index (χ3v) is 2.87. The van der Waals surface area contributed by atoms with Gasteiger partial charge in [0, 0.05) is 17.7 Å². The second-order valence-electron chi connectivity index (χ2n) is 3.91. The standard InChI is InChI=1S/C11H17N3O/c1-7-9-6-15-5-4-10(9)14-11(13-7)8(2)12-3/h8,12H,4-6H2,1-3H3. The molecule has 0 aromatic carbocycles. The van der Waals surface area contributed by atoms with Gasteiger partial charge in [-0.25, -0.2) is 9.97 Å². The molecule has 0 saturated heterocycles. The van der Waals surface area contributed by atoms with Gasteiger partial charge in [-0.15, -0.1) is 0 Å². The lowest BCUT2D eigenvalue weighted by molar-refractivity contribution is 0.108. The fraction of sp³-hybridized carbons (Fsp3) is 0.636. The van der Waals surface area contributed by atoms with Crippen molar-refractivity contribution in [2.75, 3.05) is 13.7 Å². The van der Waals surface area contributed by atoms with Crippen molar-refractivity contribution < 1.29 is 4.74 Å². The molecular formula is C11H17N3O. The maximum Gasteiger partial charge on any atom is 0.145 e. The second-order valence-corrected chi connectivity index (χ2v) is 3.91. The van der Waals surface area contributed by atoms with E-state index < -0.39 is 0 Å². The summed E-state index contributed by atoms with van der Waals surface area (Å²) >= 11 is 0. The quantitative estimate of drug-likeness (QED) is 0.790. The first-order valence-corrected chi connectivity index (χ1v) is 5.33. The molecule has 0 radical (unpaired) electrons. The van der Waals surface area contributed by atoms with Gasteiger partial charge in [-0.1, -0.05) is 0 Å². The van der Waals surface area contributed by atoms with Gasteiger partial charge in [0.15, 0.2) is 0 Å². The van der Waals surface area contributed by atoms with E-state index in [9.17, 15) is 0 Å². The Bertz CT molecular complexity index is 365. The van der Waals surface area contributed by atoms with E-state index in [4.69, 9.17) is 4.74 Å². The van der Waals surface area contributed by atoms with Gasteiger partial charge in [0.1, 0.15) is 5.82 Å². The Balaban J connectivity index is 2.40. The normalized spacial score (nSPS) is 17.3. The molecule has 0 aliphatic carbocycles. The van der Waals surface area contributed by atoms with Crippen molar-refractivity contribution in [1.29, 1.82) is 0 Å². The van der Waals surface area contributed by atoms with Crippen LogP contribution in [-0.2, 0) is 17.8 Å². The molecule has 0 amide bonds. The Morgan fingerprint density at radius 2 is 2.20 bits per heavy atom. The first kappa shape index (κ1) is 10.5. The molecule has 1 N–H and O–H groups in total. The van der Waals surface area contributed by atoms with Gasteiger partial charge in [0.25, 0.3) is 0 Å². The van der Waals surface area contributed by atoms with Gasteiger partial charge in [0.05, 0.1) is 24.9 Å². The highest BCUT2D eigenvalue weighted by atomic mass is 16.5. The molecule has 0 saturated carbocycles. The van der Waals surface area contributed by atoms with E-state index in [0.717, 1.165) is 30.2 Å². The molecule has 1 aliphatic rings. The summed E-state index contributed by atoms with van der Waals surface area (Å²) in [7, 11) is 1.92. The summed E-state index contributed by atoms with van der Waals surface area (Å²) in [5.74, 6) is 0.885. The van der Waals surface area contributed by atoms with Crippen molar-refractivity contribution in [3.05, 3.63) is 22.8 Å². The molecule has 0 bridgehead atoms. The smallest absolute Gasteiger partial charge is 0.145 e. The maximum absolute atomic E-state index is 5.41. The van der Waals surface area contributed by atoms with Crippen LogP contribution in [0.4, 0.5) is 0 Å². The minimum absolute atomic E-state index is 0.205. The van der Waals surface area contributed by atoms with Crippen molar-refractivity contribution in [3.63, 3.8) is 0 Å². The first-order chi connectivity index (χ1) is 7.22. The Labute approximate surface area is 90.1 Å². The molecule has 4 nitrogen and oxygen atoms in total. The van der Waals surface area contributed by atoms with Crippen LogP contribution < -0.4 is 5.32 Å². The van der Waals surface area contributed by atoms with Gasteiger partial charge in [-0.3, -0.25) is 0 Å². The Morgan fingerprint density at radius 1 is 1.40 bits per heavy atom. The van der Waals surface area contributed by atoms with Crippen molar-refractivity contribution >= 4 is 0 Å². The van der Waals surface area contributed by atoms with Crippen molar-refractivity contribution in [2.24, 2.45) is 0 Å². The average molecular weight is 207 g/mol. The number of hydrogen-bond acceptors (Lipinski definition) is 4. The highest BCUT2D eigenvalue weighted by Crippen LogP contribution is 2.19. The van der Waals surface area contributed by atoms with Crippen LogP contribution in [0.25, 0.3) is 0 Å². The van der Waals surface area contributed by atoms with Crippen molar-refractivity contribution in [1.82, 2.24) is 15.3 Å². The number of aryl methyl sites for hydroxylation is 1. The molecule has 1 unspecified atom stereocenters. The summed E-state index contributed by atoms with van der Waals surface area (Å²) < 4.78 is 5.41. The highest BCUT2D eigenvalue weighted by Gasteiger charge is 2.17. The van der Waals surface area contributed by atoms with E-state index >= 15 is 0 Å². The Morgan fingerprint density at radius 3 is 2.93 bits per heavy atom. The van der Waals surface area contributed by atoms with E-state index in [0.29, 0.717) is 6.61 Å². The van der Waals surface area contributed by atoms with Gasteiger partial charge in [0.2, 0.25) is 0 Å². The van der Waals surface area contributed by atoms with E-state index in [1.165, 1.54) is 5.56 Å². The number of aromatic nitrogens is 2. The maximum atomic E-state index is 5.41. The molecular weight excluding hydrogens is 190 g/mol. The van der Waals surface area contributed by atoms with Gasteiger partial charge >= 0.3 is 0 Å². The lowest BCUT2D eigenvalue weighted by Crippen LogP contribution is -2.21. The van der Waals surface area contributed by atoms with Crippen molar-refractivity contribution in [3.8, 4) is 0 Å². The summed E-state index contributed by atoms with van der Waals surface area (Å²) in [6.07, 6.45) is 0.905. The van der Waals surface area contributed by atoms with Crippen LogP contribution in [0.3, 0.4) is 0 Å². The Hall–Kier alpha value is -1.00. The van der Waals surface area contributed by atoms with E-state index in [2.05, 4.69) is 22.2 Å². The minimum atomic E-state index is 0.205. The van der Waals surface area contributed by atoms with Crippen LogP contribution >= 0.6 is 0 Å². The van der Waals surface area contributed by atoms with Crippen LogP contribution in [0.1, 0.15) is 35.7 Å². The lowest BCUT2D eigenvalue weighted by Gasteiger charge is -2.19. The number of nitrogens with zero attached hydrogens (tertiary/aromatic N) is 2. The summed E-state index contributed by atoms with van der Waals surface area (Å²) in [5.41, 5.74) is 3.39. The molecule has 0 spiro atoms. The number of rotatable bonds is 2. The molecule has 15 heavy (non-hydrogen) atoms. The SMILES string of the molecule is CNC(C)c1nc(C)c2c(n1)CCOC2. The van der Waals surface area contributed by atoms with Crippen LogP contribution in [-0.4, -0.2) is 23.6 Å². The average Bonchev–Trinajstić information content (AvgIpc) is 2.28. The van der Waals surface area contributed by atoms with Crippen LogP contribution in [0.15, 0.2) is 0 Å². The van der Waals surface area contributed by atoms with Crippen LogP contribution in [0, 0.1) is 6.92 Å². The van der Waals surface area contributed by atoms with Crippen molar-refractivity contribution in [2.45, 2.75) is 32.9 Å². The summed E-state index contributed by atoms with van der Waals surface area (Å²) in [6, 6.07) is 0.205. The lowest BCUT2D eigenvalue weighted by atomic mass is 10.1. The number of hydrogen-bond donors (Lipinski definition) is 1. The molecule has 0 fully saturated rings. The van der Waals surface area contributed by atoms with E-state index in [-0.39, 0.29) is 6.04 Å². The minimum Gasteiger partial charge on any atom is -0.376 e. The van der Waals surface area contributed by atoms with Gasteiger partial charge < -0.3 is 10.1 Å². The third-order valence-electron chi connectivity index (χ3n) is 2.87.